The highest BCUT2D eigenvalue weighted by molar-refractivity contribution is 9.10. The lowest BCUT2D eigenvalue weighted by molar-refractivity contribution is -0.130. The molecule has 37 heavy (non-hydrogen) atoms. The summed E-state index contributed by atoms with van der Waals surface area (Å²) in [5.74, 6) is -0.583. The number of amides is 1. The van der Waals surface area contributed by atoms with E-state index in [1.54, 1.807) is 19.2 Å². The molecule has 0 saturated heterocycles. The molecule has 5 rings (SSSR count). The quantitative estimate of drug-likeness (QED) is 0.244. The van der Waals surface area contributed by atoms with Gasteiger partial charge in [-0.05, 0) is 59.0 Å². The van der Waals surface area contributed by atoms with Crippen LogP contribution in [0.2, 0.25) is 0 Å². The Bertz CT molecular complexity index is 1520. The molecule has 0 bridgehead atoms. The summed E-state index contributed by atoms with van der Waals surface area (Å²) < 4.78 is 11.9. The molecule has 0 radical (unpaired) electrons. The summed E-state index contributed by atoms with van der Waals surface area (Å²) in [6.45, 7) is 4.41. The fraction of sp³-hybridized carbons (Fsp3) is 0.200. The maximum atomic E-state index is 13.8. The van der Waals surface area contributed by atoms with Crippen molar-refractivity contribution in [1.82, 2.24) is 4.90 Å². The van der Waals surface area contributed by atoms with E-state index >= 15 is 0 Å². The van der Waals surface area contributed by atoms with Gasteiger partial charge in [0, 0.05) is 16.4 Å². The van der Waals surface area contributed by atoms with Crippen LogP contribution in [0.1, 0.15) is 53.1 Å². The van der Waals surface area contributed by atoms with E-state index in [-0.39, 0.29) is 17.9 Å². The van der Waals surface area contributed by atoms with Crippen LogP contribution >= 0.6 is 15.9 Å². The molecule has 1 atom stereocenters. The second-order valence-corrected chi connectivity index (χ2v) is 10.3. The van der Waals surface area contributed by atoms with Crippen molar-refractivity contribution in [3.8, 4) is 5.75 Å². The first-order chi connectivity index (χ1) is 17.8. The van der Waals surface area contributed by atoms with Gasteiger partial charge in [0.2, 0.25) is 5.78 Å². The molecule has 6 nitrogen and oxygen atoms in total. The van der Waals surface area contributed by atoms with Crippen LogP contribution in [0.4, 0.5) is 0 Å². The predicted octanol–water partition coefficient (Wildman–Crippen LogP) is 7.11. The third-order valence-electron chi connectivity index (χ3n) is 6.68. The average Bonchev–Trinajstić information content (AvgIpc) is 3.43. The second-order valence-electron chi connectivity index (χ2n) is 9.39. The number of methoxy groups -OCH3 is 1. The van der Waals surface area contributed by atoms with E-state index in [0.717, 1.165) is 26.5 Å². The molecule has 0 fully saturated rings. The minimum Gasteiger partial charge on any atom is -0.503 e. The number of halogens is 1. The molecule has 1 N–H and O–H groups in total. The molecule has 188 valence electrons. The Kier molecular flexibility index (Phi) is 6.65. The Morgan fingerprint density at radius 3 is 2.41 bits per heavy atom. The number of rotatable bonds is 7. The first-order valence-electron chi connectivity index (χ1n) is 12.0. The third kappa shape index (κ3) is 4.67. The maximum absolute atomic E-state index is 13.8. The Hall–Kier alpha value is -3.84. The summed E-state index contributed by atoms with van der Waals surface area (Å²) in [6, 6.07) is 21.5. The summed E-state index contributed by atoms with van der Waals surface area (Å²) in [7, 11) is 1.59. The number of ketones is 1. The number of hydrogen-bond donors (Lipinski definition) is 1. The van der Waals surface area contributed by atoms with Crippen molar-refractivity contribution in [3.63, 3.8) is 0 Å². The molecule has 1 unspecified atom stereocenters. The van der Waals surface area contributed by atoms with Crippen molar-refractivity contribution < 1.29 is 23.8 Å². The Morgan fingerprint density at radius 2 is 1.76 bits per heavy atom. The van der Waals surface area contributed by atoms with Crippen LogP contribution in [0.25, 0.3) is 11.0 Å². The molecule has 0 spiro atoms. The first-order valence-corrected chi connectivity index (χ1v) is 12.8. The third-order valence-corrected chi connectivity index (χ3v) is 7.17. The van der Waals surface area contributed by atoms with Gasteiger partial charge in [-0.3, -0.25) is 9.59 Å². The van der Waals surface area contributed by atoms with Crippen molar-refractivity contribution in [2.45, 2.75) is 32.4 Å². The zero-order chi connectivity index (χ0) is 26.3. The number of carbonyl (C=O) groups is 2. The van der Waals surface area contributed by atoms with E-state index in [2.05, 4.69) is 29.8 Å². The van der Waals surface area contributed by atoms with Crippen LogP contribution in [-0.4, -0.2) is 28.8 Å². The number of ether oxygens (including phenoxy) is 1. The molecule has 1 aromatic heterocycles. The van der Waals surface area contributed by atoms with Gasteiger partial charge in [-0.15, -0.1) is 0 Å². The van der Waals surface area contributed by atoms with Gasteiger partial charge in [0.05, 0.1) is 18.7 Å². The number of fused-ring (bicyclic) bond motifs is 1. The Morgan fingerprint density at radius 1 is 1.05 bits per heavy atom. The van der Waals surface area contributed by atoms with Gasteiger partial charge in [0.15, 0.2) is 11.5 Å². The maximum Gasteiger partial charge on any atom is 0.290 e. The molecule has 4 aromatic rings. The number of aliphatic hydroxyl groups is 1. The van der Waals surface area contributed by atoms with E-state index in [9.17, 15) is 14.7 Å². The molecule has 1 aliphatic rings. The number of Topliss-reactive ketones (excluding diaryl/α,β-unsaturated/α-hetero) is 1. The summed E-state index contributed by atoms with van der Waals surface area (Å²) in [6.07, 6.45) is 0. The zero-order valence-electron chi connectivity index (χ0n) is 20.7. The van der Waals surface area contributed by atoms with Crippen molar-refractivity contribution in [3.05, 3.63) is 111 Å². The van der Waals surface area contributed by atoms with Gasteiger partial charge < -0.3 is 19.2 Å². The highest BCUT2D eigenvalue weighted by Gasteiger charge is 2.44. The largest absolute Gasteiger partial charge is 0.503 e. The number of benzene rings is 3. The van der Waals surface area contributed by atoms with E-state index in [4.69, 9.17) is 9.15 Å². The van der Waals surface area contributed by atoms with Gasteiger partial charge in [0.25, 0.3) is 5.91 Å². The summed E-state index contributed by atoms with van der Waals surface area (Å²) >= 11 is 3.43. The summed E-state index contributed by atoms with van der Waals surface area (Å²) in [5, 5.41) is 11.8. The van der Waals surface area contributed by atoms with Crippen LogP contribution in [0.5, 0.6) is 5.75 Å². The fourth-order valence-corrected chi connectivity index (χ4v) is 5.02. The molecule has 7 heteroatoms. The number of carbonyl (C=O) groups excluding carboxylic acids is 2. The number of nitrogens with zero attached hydrogens (tertiary/aromatic N) is 1. The van der Waals surface area contributed by atoms with Crippen LogP contribution in [0, 0.1) is 0 Å². The topological polar surface area (TPSA) is 80.0 Å². The lowest BCUT2D eigenvalue weighted by Gasteiger charge is -2.27. The number of aliphatic hydroxyl groups excluding tert-OH is 1. The highest BCUT2D eigenvalue weighted by atomic mass is 79.9. The fourth-order valence-electron chi connectivity index (χ4n) is 4.64. The normalized spacial score (nSPS) is 15.8. The molecule has 0 saturated carbocycles. The van der Waals surface area contributed by atoms with Gasteiger partial charge in [-0.25, -0.2) is 0 Å². The molecule has 0 aliphatic carbocycles. The standard InChI is InChI=1S/C30H26BrNO5/c1-17(2)19-6-8-20(9-7-19)27-26(28(33)25-15-21-14-22(31)10-13-24(21)37-25)29(34)30(35)32(27)16-18-4-11-23(36-3)12-5-18/h4-15,17,27,34H,16H2,1-3H3. The van der Waals surface area contributed by atoms with Crippen molar-refractivity contribution >= 4 is 38.6 Å². The van der Waals surface area contributed by atoms with E-state index < -0.39 is 23.5 Å². The SMILES string of the molecule is COc1ccc(CN2C(=O)C(O)=C(C(=O)c3cc4cc(Br)ccc4o3)C2c2ccc(C(C)C)cc2)cc1. The van der Waals surface area contributed by atoms with Crippen LogP contribution in [-0.2, 0) is 11.3 Å². The molecule has 1 aliphatic heterocycles. The number of hydrogen-bond acceptors (Lipinski definition) is 5. The van der Waals surface area contributed by atoms with Gasteiger partial charge >= 0.3 is 0 Å². The minimum atomic E-state index is -0.775. The molecule has 3 aromatic carbocycles. The predicted molar refractivity (Wildman–Crippen MR) is 145 cm³/mol. The van der Waals surface area contributed by atoms with Crippen molar-refractivity contribution in [1.29, 1.82) is 0 Å². The smallest absolute Gasteiger partial charge is 0.290 e. The minimum absolute atomic E-state index is 0.00827. The lowest BCUT2D eigenvalue weighted by atomic mass is 9.92. The van der Waals surface area contributed by atoms with E-state index in [1.807, 2.05) is 60.7 Å². The molecular weight excluding hydrogens is 534 g/mol. The van der Waals surface area contributed by atoms with E-state index in [0.29, 0.717) is 17.3 Å². The monoisotopic (exact) mass is 559 g/mol. The lowest BCUT2D eigenvalue weighted by Crippen LogP contribution is -2.30. The summed E-state index contributed by atoms with van der Waals surface area (Å²) in [5.41, 5.74) is 3.27. The number of furan rings is 1. The molecular formula is C30H26BrNO5. The molecule has 2 heterocycles. The van der Waals surface area contributed by atoms with Gasteiger partial charge in [-0.2, -0.15) is 0 Å². The van der Waals surface area contributed by atoms with E-state index in [1.165, 1.54) is 4.90 Å². The van der Waals surface area contributed by atoms with Gasteiger partial charge in [0.1, 0.15) is 11.3 Å². The molecule has 1 amide bonds. The van der Waals surface area contributed by atoms with Crippen molar-refractivity contribution in [2.24, 2.45) is 0 Å². The Balaban J connectivity index is 1.57. The first kappa shape index (κ1) is 24.8. The van der Waals surface area contributed by atoms with Gasteiger partial charge in [-0.1, -0.05) is 66.2 Å². The van der Waals surface area contributed by atoms with Crippen LogP contribution < -0.4 is 4.74 Å². The Labute approximate surface area is 223 Å². The zero-order valence-corrected chi connectivity index (χ0v) is 22.3. The van der Waals surface area contributed by atoms with Crippen LogP contribution in [0.15, 0.2) is 93.0 Å². The van der Waals surface area contributed by atoms with Crippen molar-refractivity contribution in [2.75, 3.05) is 7.11 Å². The van der Waals surface area contributed by atoms with Crippen LogP contribution in [0.3, 0.4) is 0 Å². The summed E-state index contributed by atoms with van der Waals surface area (Å²) in [4.78, 5) is 28.7. The second kappa shape index (κ2) is 9.90. The highest BCUT2D eigenvalue weighted by Crippen LogP contribution is 2.41. The average molecular weight is 560 g/mol.